The van der Waals surface area contributed by atoms with E-state index in [2.05, 4.69) is 9.97 Å². The first-order valence-corrected chi connectivity index (χ1v) is 12.3. The van der Waals surface area contributed by atoms with Crippen LogP contribution in [0.1, 0.15) is 46.2 Å². The zero-order valence-electron chi connectivity index (χ0n) is 20.6. The predicted molar refractivity (Wildman–Crippen MR) is 132 cm³/mol. The third-order valence-corrected chi connectivity index (χ3v) is 6.69. The van der Waals surface area contributed by atoms with Crippen molar-refractivity contribution in [1.82, 2.24) is 14.9 Å². The van der Waals surface area contributed by atoms with Gasteiger partial charge in [0.1, 0.15) is 18.4 Å². The van der Waals surface area contributed by atoms with E-state index < -0.39 is 41.3 Å². The Morgan fingerprint density at radius 3 is 2.46 bits per heavy atom. The molecule has 4 heterocycles. The number of nitrogens with zero attached hydrogens (tertiary/aromatic N) is 3. The molecule has 1 atom stereocenters. The number of alkyl halides is 3. The van der Waals surface area contributed by atoms with E-state index in [1.165, 1.54) is 11.1 Å². The molecule has 0 saturated carbocycles. The molecule has 1 amide bonds. The fourth-order valence-corrected chi connectivity index (χ4v) is 4.76. The largest absolute Gasteiger partial charge is 0.503 e. The first kappa shape index (κ1) is 26.4. The normalized spacial score (nSPS) is 18.5. The zero-order chi connectivity index (χ0) is 27.6. The van der Waals surface area contributed by atoms with Crippen molar-refractivity contribution in [3.8, 4) is 5.75 Å². The maximum atomic E-state index is 13.9. The lowest BCUT2D eigenvalue weighted by Gasteiger charge is -2.36. The molecule has 0 radical (unpaired) electrons. The van der Waals surface area contributed by atoms with E-state index in [1.807, 2.05) is 30.3 Å². The quantitative estimate of drug-likeness (QED) is 0.429. The Balaban J connectivity index is 1.53. The molecular formula is C28H24F3N3O5. The average Bonchev–Trinajstić information content (AvgIpc) is 3.22. The number of ether oxygens (including phenoxy) is 2. The molecule has 1 aromatic carbocycles. The fourth-order valence-electron chi connectivity index (χ4n) is 4.76. The summed E-state index contributed by atoms with van der Waals surface area (Å²) in [5.41, 5.74) is -0.584. The van der Waals surface area contributed by atoms with Gasteiger partial charge in [0.15, 0.2) is 11.5 Å². The summed E-state index contributed by atoms with van der Waals surface area (Å²) in [6, 6.07) is 12.7. The molecule has 1 N–H and O–H groups in total. The van der Waals surface area contributed by atoms with Crippen molar-refractivity contribution >= 4 is 11.7 Å². The molecule has 8 nitrogen and oxygen atoms in total. The fraction of sp³-hybridized carbons (Fsp3) is 0.286. The summed E-state index contributed by atoms with van der Waals surface area (Å²) >= 11 is 0. The van der Waals surface area contributed by atoms with Gasteiger partial charge in [0.05, 0.1) is 16.8 Å². The highest BCUT2D eigenvalue weighted by Gasteiger charge is 2.48. The van der Waals surface area contributed by atoms with Gasteiger partial charge in [-0.25, -0.2) is 4.98 Å². The Labute approximate surface area is 221 Å². The molecule has 1 saturated heterocycles. The SMILES string of the molecule is O=C(C1=C(O)C(=O)N(C2CCOCC2)C1c1ccc(C(F)(F)F)cn1)c1ncccc1OCc1ccccc1. The Morgan fingerprint density at radius 1 is 1.05 bits per heavy atom. The molecule has 2 aliphatic rings. The van der Waals surface area contributed by atoms with Crippen molar-refractivity contribution in [3.05, 3.63) is 101 Å². The van der Waals surface area contributed by atoms with Crippen LogP contribution in [0.15, 0.2) is 78.3 Å². The van der Waals surface area contributed by atoms with Crippen LogP contribution in [0.25, 0.3) is 0 Å². The Morgan fingerprint density at radius 2 is 1.79 bits per heavy atom. The standard InChI is InChI=1S/C28H24F3N3O5/c29-28(30,31)18-8-9-20(33-15-18)24-22(26(36)27(37)34(24)19-10-13-38-14-11-19)25(35)23-21(7-4-12-32-23)39-16-17-5-2-1-3-6-17/h1-9,12,15,19,24,36H,10-11,13-14,16H2. The summed E-state index contributed by atoms with van der Waals surface area (Å²) in [4.78, 5) is 36.7. The Bertz CT molecular complexity index is 1390. The Hall–Kier alpha value is -4.25. The topological polar surface area (TPSA) is 102 Å². The molecule has 0 spiro atoms. The summed E-state index contributed by atoms with van der Waals surface area (Å²) in [6.07, 6.45) is -1.75. The molecule has 3 aromatic rings. The number of aromatic nitrogens is 2. The van der Waals surface area contributed by atoms with E-state index >= 15 is 0 Å². The number of amides is 1. The number of ketones is 1. The van der Waals surface area contributed by atoms with Crippen molar-refractivity contribution in [2.75, 3.05) is 13.2 Å². The van der Waals surface area contributed by atoms with Gasteiger partial charge in [-0.15, -0.1) is 0 Å². The van der Waals surface area contributed by atoms with Crippen LogP contribution in [0, 0.1) is 0 Å². The van der Waals surface area contributed by atoms with E-state index in [4.69, 9.17) is 9.47 Å². The number of halogens is 3. The minimum Gasteiger partial charge on any atom is -0.503 e. The predicted octanol–water partition coefficient (Wildman–Crippen LogP) is 4.83. The van der Waals surface area contributed by atoms with Gasteiger partial charge in [-0.2, -0.15) is 13.2 Å². The first-order valence-electron chi connectivity index (χ1n) is 12.3. The summed E-state index contributed by atoms with van der Waals surface area (Å²) in [5.74, 6) is -2.26. The molecule has 5 rings (SSSR count). The van der Waals surface area contributed by atoms with Crippen LogP contribution in [0.2, 0.25) is 0 Å². The summed E-state index contributed by atoms with van der Waals surface area (Å²) in [5, 5.41) is 11.0. The zero-order valence-corrected chi connectivity index (χ0v) is 20.6. The number of hydrogen-bond acceptors (Lipinski definition) is 7. The molecule has 2 aliphatic heterocycles. The van der Waals surface area contributed by atoms with Crippen LogP contribution < -0.4 is 4.74 Å². The van der Waals surface area contributed by atoms with Crippen LogP contribution in [-0.2, 0) is 22.3 Å². The van der Waals surface area contributed by atoms with Gasteiger partial charge in [0.25, 0.3) is 5.91 Å². The monoisotopic (exact) mass is 539 g/mol. The first-order chi connectivity index (χ1) is 18.8. The second-order valence-corrected chi connectivity index (χ2v) is 9.14. The van der Waals surface area contributed by atoms with Crippen LogP contribution >= 0.6 is 0 Å². The number of carbonyl (C=O) groups is 2. The van der Waals surface area contributed by atoms with Gasteiger partial charge >= 0.3 is 6.18 Å². The van der Waals surface area contributed by atoms with E-state index in [0.29, 0.717) is 32.3 Å². The Kier molecular flexibility index (Phi) is 7.34. The molecule has 1 fully saturated rings. The van der Waals surface area contributed by atoms with Crippen LogP contribution in [0.4, 0.5) is 13.2 Å². The number of aliphatic hydroxyl groups is 1. The smallest absolute Gasteiger partial charge is 0.417 e. The lowest BCUT2D eigenvalue weighted by molar-refractivity contribution is -0.138. The highest BCUT2D eigenvalue weighted by Crippen LogP contribution is 2.42. The lowest BCUT2D eigenvalue weighted by atomic mass is 9.95. The number of rotatable bonds is 7. The van der Waals surface area contributed by atoms with Crippen LogP contribution in [-0.4, -0.2) is 50.9 Å². The maximum absolute atomic E-state index is 13.9. The number of Topliss-reactive ketones (excluding diaryl/α,β-unsaturated/α-hetero) is 1. The molecule has 39 heavy (non-hydrogen) atoms. The molecular weight excluding hydrogens is 515 g/mol. The van der Waals surface area contributed by atoms with E-state index in [0.717, 1.165) is 17.7 Å². The second kappa shape index (κ2) is 10.9. The van der Waals surface area contributed by atoms with Crippen molar-refractivity contribution in [2.45, 2.75) is 37.7 Å². The van der Waals surface area contributed by atoms with Gasteiger partial charge < -0.3 is 19.5 Å². The highest BCUT2D eigenvalue weighted by molar-refractivity contribution is 6.16. The molecule has 11 heteroatoms. The van der Waals surface area contributed by atoms with Crippen LogP contribution in [0.3, 0.4) is 0 Å². The molecule has 0 aliphatic carbocycles. The minimum absolute atomic E-state index is 0.0120. The summed E-state index contributed by atoms with van der Waals surface area (Å²) in [6.45, 7) is 0.835. The molecule has 202 valence electrons. The third-order valence-electron chi connectivity index (χ3n) is 6.69. The third kappa shape index (κ3) is 5.35. The number of pyridine rings is 2. The van der Waals surface area contributed by atoms with Crippen molar-refractivity contribution in [1.29, 1.82) is 0 Å². The van der Waals surface area contributed by atoms with E-state index in [1.54, 1.807) is 12.1 Å². The van der Waals surface area contributed by atoms with Crippen molar-refractivity contribution in [3.63, 3.8) is 0 Å². The molecule has 0 bridgehead atoms. The number of benzene rings is 1. The highest BCUT2D eigenvalue weighted by atomic mass is 19.4. The second-order valence-electron chi connectivity index (χ2n) is 9.14. The molecule has 2 aromatic heterocycles. The summed E-state index contributed by atoms with van der Waals surface area (Å²) < 4.78 is 50.9. The molecule has 1 unspecified atom stereocenters. The average molecular weight is 540 g/mol. The van der Waals surface area contributed by atoms with E-state index in [9.17, 15) is 27.9 Å². The van der Waals surface area contributed by atoms with Gasteiger partial charge in [-0.1, -0.05) is 30.3 Å². The van der Waals surface area contributed by atoms with Crippen LogP contribution in [0.5, 0.6) is 5.75 Å². The van der Waals surface area contributed by atoms with Gasteiger partial charge in [-0.3, -0.25) is 14.6 Å². The van der Waals surface area contributed by atoms with E-state index in [-0.39, 0.29) is 29.3 Å². The minimum atomic E-state index is -4.62. The number of hydrogen-bond donors (Lipinski definition) is 1. The lowest BCUT2D eigenvalue weighted by Crippen LogP contribution is -2.43. The summed E-state index contributed by atoms with van der Waals surface area (Å²) in [7, 11) is 0. The van der Waals surface area contributed by atoms with Crippen molar-refractivity contribution in [2.24, 2.45) is 0 Å². The maximum Gasteiger partial charge on any atom is 0.417 e. The van der Waals surface area contributed by atoms with Gasteiger partial charge in [0, 0.05) is 31.6 Å². The number of aliphatic hydroxyl groups excluding tert-OH is 1. The van der Waals surface area contributed by atoms with Crippen molar-refractivity contribution < 1.29 is 37.3 Å². The number of carbonyl (C=O) groups excluding carboxylic acids is 2. The van der Waals surface area contributed by atoms with Gasteiger partial charge in [-0.05, 0) is 42.7 Å². The van der Waals surface area contributed by atoms with Gasteiger partial charge in [0.2, 0.25) is 5.78 Å².